The minimum Gasteiger partial charge on any atom is -0.550 e. The molecule has 4 aromatic rings. The van der Waals surface area contributed by atoms with Crippen LogP contribution in [0.2, 0.25) is 0 Å². The summed E-state index contributed by atoms with van der Waals surface area (Å²) in [6, 6.07) is 10.8. The van der Waals surface area contributed by atoms with E-state index in [-0.39, 0.29) is 72.9 Å². The smallest absolute Gasteiger partial charge is 0.550 e. The molecule has 23 heteroatoms. The third-order valence-electron chi connectivity index (χ3n) is 9.36. The number of allylic oxidation sites excluding steroid dienone is 2. The molecule has 0 aliphatic heterocycles. The number of aliphatic hydroxyl groups is 2. The first-order valence-electron chi connectivity index (χ1n) is 20.0. The van der Waals surface area contributed by atoms with Gasteiger partial charge in [-0.05, 0) is 84.7 Å². The van der Waals surface area contributed by atoms with E-state index in [1.165, 1.54) is 74.8 Å². The quantitative estimate of drug-likeness (QED) is 0.0948. The Bertz CT molecular complexity index is 2520. The number of aliphatic hydroxyl groups excluding tert-OH is 2. The van der Waals surface area contributed by atoms with Crippen LogP contribution in [0, 0.1) is 11.6 Å². The molecule has 0 amide bonds. The molecule has 356 valence electrons. The normalized spacial score (nSPS) is 12.6. The van der Waals surface area contributed by atoms with Crippen LogP contribution in [0.4, 0.5) is 20.7 Å². The first-order chi connectivity index (χ1) is 30.6. The van der Waals surface area contributed by atoms with Gasteiger partial charge in [0, 0.05) is 74.0 Å². The summed E-state index contributed by atoms with van der Waals surface area (Å²) < 4.78 is 77.0. The number of rotatable bonds is 20. The molecule has 0 aliphatic rings. The number of halogens is 2. The fourth-order valence-corrected chi connectivity index (χ4v) is 6.63. The molecule has 0 saturated carbocycles. The second kappa shape index (κ2) is 25.3. The number of hydrogen-bond donors (Lipinski definition) is 2. The van der Waals surface area contributed by atoms with Crippen molar-refractivity contribution in [1.82, 2.24) is 19.9 Å². The van der Waals surface area contributed by atoms with Crippen LogP contribution in [0.3, 0.4) is 0 Å². The summed E-state index contributed by atoms with van der Waals surface area (Å²) >= 11 is 0. The first kappa shape index (κ1) is 58.0. The van der Waals surface area contributed by atoms with E-state index >= 15 is 0 Å². The summed E-state index contributed by atoms with van der Waals surface area (Å²) in [6.45, 7) is 7.29. The van der Waals surface area contributed by atoms with Crippen molar-refractivity contribution in [3.8, 4) is 22.5 Å². The summed E-state index contributed by atoms with van der Waals surface area (Å²) in [5, 5.41) is 40.5. The molecule has 2 aromatic carbocycles. The molecular formula is C44H50CaF2N6O12S2. The fourth-order valence-electron chi connectivity index (χ4n) is 5.87. The molecule has 2 heterocycles. The Balaban J connectivity index is 0.000000453. The van der Waals surface area contributed by atoms with Gasteiger partial charge in [-0.3, -0.25) is 9.59 Å². The Morgan fingerprint density at radius 1 is 0.597 bits per heavy atom. The Morgan fingerprint density at radius 3 is 1.15 bits per heavy atom. The van der Waals surface area contributed by atoms with Crippen molar-refractivity contribution in [2.45, 2.75) is 77.4 Å². The van der Waals surface area contributed by atoms with E-state index in [0.717, 1.165) is 33.3 Å². The van der Waals surface area contributed by atoms with E-state index in [1.807, 2.05) is 27.7 Å². The molecule has 0 radical (unpaired) electrons. The van der Waals surface area contributed by atoms with Crippen molar-refractivity contribution in [3.05, 3.63) is 94.8 Å². The molecule has 0 unspecified atom stereocenters. The van der Waals surface area contributed by atoms with Gasteiger partial charge in [0.2, 0.25) is 31.9 Å². The van der Waals surface area contributed by atoms with E-state index in [9.17, 15) is 65.2 Å². The van der Waals surface area contributed by atoms with Crippen molar-refractivity contribution in [3.63, 3.8) is 0 Å². The van der Waals surface area contributed by atoms with Gasteiger partial charge in [0.05, 0.1) is 47.5 Å². The number of carboxylic acid groups (broad SMARTS) is 2. The van der Waals surface area contributed by atoms with Gasteiger partial charge in [0.25, 0.3) is 0 Å². The summed E-state index contributed by atoms with van der Waals surface area (Å²) in [5.74, 6) is -5.57. The van der Waals surface area contributed by atoms with Crippen LogP contribution >= 0.6 is 0 Å². The SMILES string of the molecule is CC(C)c1nc(N(C)S(C)(=O)=O)nc(-c2ccc(F)cc2)c1/C=C/C(=O)C[C@@H](O)CC(=O)[O-].CC(C)c1nc(N(C)S(C)(=O)=O)nc(-c2ccc(F)cc2)c1/C=C/C(=O)C[C@@H](O)CC(=O)[O-].[Ca+2]. The molecule has 2 aromatic heterocycles. The molecular weight excluding hydrogens is 947 g/mol. The van der Waals surface area contributed by atoms with Crippen LogP contribution in [-0.4, -0.2) is 147 Å². The molecule has 0 aliphatic carbocycles. The number of carbonyl (C=O) groups is 4. The molecule has 18 nitrogen and oxygen atoms in total. The van der Waals surface area contributed by atoms with Crippen molar-refractivity contribution in [2.24, 2.45) is 0 Å². The first-order valence-corrected chi connectivity index (χ1v) is 23.7. The maximum absolute atomic E-state index is 13.5. The van der Waals surface area contributed by atoms with Crippen molar-refractivity contribution in [1.29, 1.82) is 0 Å². The monoisotopic (exact) mass is 996 g/mol. The zero-order chi connectivity index (χ0) is 49.8. The van der Waals surface area contributed by atoms with Gasteiger partial charge in [0.15, 0.2) is 11.6 Å². The Labute approximate surface area is 417 Å². The predicted molar refractivity (Wildman–Crippen MR) is 244 cm³/mol. The average Bonchev–Trinajstić information content (AvgIpc) is 3.20. The van der Waals surface area contributed by atoms with E-state index in [0.29, 0.717) is 33.6 Å². The topological polar surface area (TPSA) is 281 Å². The Morgan fingerprint density at radius 2 is 0.896 bits per heavy atom. The number of ketones is 2. The van der Waals surface area contributed by atoms with Gasteiger partial charge in [-0.25, -0.2) is 54.2 Å². The number of aromatic nitrogens is 4. The summed E-state index contributed by atoms with van der Waals surface area (Å²) in [7, 11) is -4.73. The van der Waals surface area contributed by atoms with E-state index < -0.39 is 93.1 Å². The number of aliphatic carboxylic acids is 2. The van der Waals surface area contributed by atoms with Crippen LogP contribution in [0.25, 0.3) is 34.7 Å². The molecule has 0 bridgehead atoms. The molecule has 0 fully saturated rings. The summed E-state index contributed by atoms with van der Waals surface area (Å²) in [6.07, 6.45) is 2.20. The number of carboxylic acids is 2. The predicted octanol–water partition coefficient (Wildman–Crippen LogP) is 2.17. The van der Waals surface area contributed by atoms with Crippen LogP contribution < -0.4 is 18.8 Å². The number of carbonyl (C=O) groups excluding carboxylic acids is 4. The van der Waals surface area contributed by atoms with Crippen molar-refractivity contribution < 1.29 is 65.2 Å². The van der Waals surface area contributed by atoms with Gasteiger partial charge in [0.1, 0.15) is 11.6 Å². The maximum Gasteiger partial charge on any atom is 2.00 e. The van der Waals surface area contributed by atoms with Crippen molar-refractivity contribution in [2.75, 3.05) is 35.2 Å². The molecule has 0 spiro atoms. The van der Waals surface area contributed by atoms with E-state index in [2.05, 4.69) is 19.9 Å². The van der Waals surface area contributed by atoms with Gasteiger partial charge in [-0.2, -0.15) is 0 Å². The minimum atomic E-state index is -3.67. The Kier molecular flexibility index (Phi) is 21.9. The summed E-state index contributed by atoms with van der Waals surface area (Å²) in [4.78, 5) is 63.2. The third kappa shape index (κ3) is 17.8. The van der Waals surface area contributed by atoms with Gasteiger partial charge in [-0.15, -0.1) is 0 Å². The molecule has 67 heavy (non-hydrogen) atoms. The van der Waals surface area contributed by atoms with Crippen LogP contribution in [0.15, 0.2) is 60.7 Å². The van der Waals surface area contributed by atoms with Crippen LogP contribution in [-0.2, 0) is 39.2 Å². The zero-order valence-electron chi connectivity index (χ0n) is 38.0. The number of hydrogen-bond acceptors (Lipinski definition) is 16. The summed E-state index contributed by atoms with van der Waals surface area (Å²) in [5.41, 5.74) is 3.18. The number of nitrogens with zero attached hydrogens (tertiary/aromatic N) is 6. The fraction of sp³-hybridized carbons (Fsp3) is 0.364. The average molecular weight is 997 g/mol. The van der Waals surface area contributed by atoms with Crippen LogP contribution in [0.5, 0.6) is 0 Å². The minimum absolute atomic E-state index is 0. The van der Waals surface area contributed by atoms with Crippen LogP contribution in [0.1, 0.15) is 87.7 Å². The van der Waals surface area contributed by atoms with Gasteiger partial charge in [-0.1, -0.05) is 27.7 Å². The van der Waals surface area contributed by atoms with Crippen molar-refractivity contribution >= 4 is 105 Å². The second-order valence-corrected chi connectivity index (χ2v) is 19.6. The van der Waals surface area contributed by atoms with Gasteiger partial charge < -0.3 is 30.0 Å². The second-order valence-electron chi connectivity index (χ2n) is 15.6. The standard InChI is InChI=1S/2C22H26FN3O6S.Ca/c2*1-13(2)20-18(10-9-16(27)11-17(28)12-19(29)30)21(14-5-7-15(23)8-6-14)25-22(24-20)26(3)33(4,31)32;/h2*5-10,13,17,28H,11-12H2,1-4H3,(H,29,30);/q;;+2/p-2/b2*10-9+;/t2*17-;/m11./s1. The molecule has 0 saturated heterocycles. The molecule has 2 atom stereocenters. The van der Waals surface area contributed by atoms with Gasteiger partial charge >= 0.3 is 37.7 Å². The number of sulfonamides is 2. The number of anilines is 2. The molecule has 2 N–H and O–H groups in total. The zero-order valence-corrected chi connectivity index (χ0v) is 41.8. The largest absolute Gasteiger partial charge is 2.00 e. The number of benzene rings is 2. The van der Waals surface area contributed by atoms with E-state index in [4.69, 9.17) is 0 Å². The third-order valence-corrected chi connectivity index (χ3v) is 11.7. The molecule has 4 rings (SSSR count). The van der Waals surface area contributed by atoms with E-state index in [1.54, 1.807) is 0 Å². The maximum atomic E-state index is 13.5. The Hall–Kier alpha value is -5.10.